The van der Waals surface area contributed by atoms with Crippen molar-refractivity contribution in [3.8, 4) is 11.5 Å². The molecular formula is C20H18BrN13O. The summed E-state index contributed by atoms with van der Waals surface area (Å²) >= 11 is 3.41. The number of aryl methyl sites for hydroxylation is 1. The van der Waals surface area contributed by atoms with Gasteiger partial charge in [-0.1, -0.05) is 27.2 Å². The van der Waals surface area contributed by atoms with Gasteiger partial charge in [-0.05, 0) is 31.2 Å². The molecule has 0 amide bonds. The van der Waals surface area contributed by atoms with Crippen LogP contribution in [-0.2, 0) is 11.9 Å². The molecule has 0 fully saturated rings. The molecule has 6 heterocycles. The molecule has 0 aliphatic rings. The molecule has 0 saturated heterocycles. The fourth-order valence-corrected chi connectivity index (χ4v) is 3.54. The molecule has 6 aromatic rings. The Morgan fingerprint density at radius 3 is 2.66 bits per heavy atom. The summed E-state index contributed by atoms with van der Waals surface area (Å²) in [4.78, 5) is 20.6. The molecule has 0 bridgehead atoms. The molecule has 0 aliphatic heterocycles. The summed E-state index contributed by atoms with van der Waals surface area (Å²) in [5, 5.41) is 19.0. The average Bonchev–Trinajstić information content (AvgIpc) is 3.59. The SMILES string of the molecule is Cc1ccc(-c2nc(N)nc3c2nnn3Cc2cccc(CBr)n2)o1.Nc1ncc2n[nH]nc2n1. The minimum atomic E-state index is 0.141. The van der Waals surface area contributed by atoms with Crippen LogP contribution in [0.1, 0.15) is 17.1 Å². The van der Waals surface area contributed by atoms with Gasteiger partial charge in [0, 0.05) is 5.33 Å². The molecule has 0 radical (unpaired) electrons. The van der Waals surface area contributed by atoms with Gasteiger partial charge in [-0.2, -0.15) is 20.3 Å². The summed E-state index contributed by atoms with van der Waals surface area (Å²) in [5.41, 5.74) is 15.7. The molecule has 0 aromatic carbocycles. The molecule has 0 spiro atoms. The number of aromatic amines is 1. The summed E-state index contributed by atoms with van der Waals surface area (Å²) < 4.78 is 7.31. The maximum atomic E-state index is 5.88. The number of H-pyrrole nitrogens is 1. The van der Waals surface area contributed by atoms with Crippen molar-refractivity contribution in [3.05, 3.63) is 53.7 Å². The Morgan fingerprint density at radius 1 is 1.00 bits per heavy atom. The van der Waals surface area contributed by atoms with Crippen molar-refractivity contribution in [3.63, 3.8) is 0 Å². The van der Waals surface area contributed by atoms with Crippen molar-refractivity contribution in [2.24, 2.45) is 0 Å². The van der Waals surface area contributed by atoms with E-state index in [9.17, 15) is 0 Å². The summed E-state index contributed by atoms with van der Waals surface area (Å²) in [6, 6.07) is 9.53. The number of alkyl halides is 1. The van der Waals surface area contributed by atoms with Crippen LogP contribution < -0.4 is 11.5 Å². The Hall–Kier alpha value is -4.53. The molecule has 15 heteroatoms. The highest BCUT2D eigenvalue weighted by Gasteiger charge is 2.18. The lowest BCUT2D eigenvalue weighted by atomic mass is 10.3. The number of furan rings is 1. The monoisotopic (exact) mass is 535 g/mol. The van der Waals surface area contributed by atoms with Gasteiger partial charge in [-0.25, -0.2) is 14.6 Å². The van der Waals surface area contributed by atoms with Crippen molar-refractivity contribution >= 4 is 50.2 Å². The van der Waals surface area contributed by atoms with Gasteiger partial charge in [-0.15, -0.1) is 10.2 Å². The lowest BCUT2D eigenvalue weighted by Gasteiger charge is -2.04. The first-order valence-electron chi connectivity index (χ1n) is 10.2. The summed E-state index contributed by atoms with van der Waals surface area (Å²) in [6.07, 6.45) is 1.52. The number of rotatable bonds is 4. The summed E-state index contributed by atoms with van der Waals surface area (Å²) in [7, 11) is 0. The molecule has 0 unspecified atom stereocenters. The van der Waals surface area contributed by atoms with E-state index in [2.05, 4.69) is 66.6 Å². The minimum Gasteiger partial charge on any atom is -0.460 e. The van der Waals surface area contributed by atoms with E-state index in [0.29, 0.717) is 45.7 Å². The van der Waals surface area contributed by atoms with Crippen LogP contribution in [-0.4, -0.2) is 55.3 Å². The molecule has 14 nitrogen and oxygen atoms in total. The van der Waals surface area contributed by atoms with Crippen molar-refractivity contribution in [2.75, 3.05) is 11.5 Å². The third kappa shape index (κ3) is 4.74. The van der Waals surface area contributed by atoms with Gasteiger partial charge in [-0.3, -0.25) is 4.98 Å². The maximum absolute atomic E-state index is 5.88. The Kier molecular flexibility index (Phi) is 5.97. The van der Waals surface area contributed by atoms with Gasteiger partial charge in [0.1, 0.15) is 17.0 Å². The molecule has 176 valence electrons. The predicted octanol–water partition coefficient (Wildman–Crippen LogP) is 2.04. The predicted molar refractivity (Wildman–Crippen MR) is 130 cm³/mol. The standard InChI is InChI=1S/C16H14BrN7O.C4H4N6/c1-9-5-6-12(25-9)13-14-15(21-16(18)20-13)24(23-22-14)8-11-4-2-3-10(7-17)19-11;5-4-6-1-2-3(7-4)9-10-8-2/h2-6H,7-8H2,1H3,(H2,18,20,21);1H,(H3,5,6,7,8,9,10). The van der Waals surface area contributed by atoms with E-state index in [1.54, 1.807) is 4.68 Å². The lowest BCUT2D eigenvalue weighted by molar-refractivity contribution is 0.547. The van der Waals surface area contributed by atoms with Crippen molar-refractivity contribution in [1.29, 1.82) is 0 Å². The number of halogens is 1. The molecule has 5 N–H and O–H groups in total. The molecule has 0 aliphatic carbocycles. The Bertz CT molecular complexity index is 1620. The number of hydrogen-bond donors (Lipinski definition) is 3. The van der Waals surface area contributed by atoms with E-state index in [1.807, 2.05) is 37.3 Å². The average molecular weight is 536 g/mol. The molecule has 6 rings (SSSR count). The summed E-state index contributed by atoms with van der Waals surface area (Å²) in [6.45, 7) is 2.30. The van der Waals surface area contributed by atoms with E-state index in [4.69, 9.17) is 15.9 Å². The van der Waals surface area contributed by atoms with Gasteiger partial charge in [0.25, 0.3) is 0 Å². The van der Waals surface area contributed by atoms with Crippen LogP contribution in [0.2, 0.25) is 0 Å². The zero-order chi connectivity index (χ0) is 24.4. The number of hydrogen-bond acceptors (Lipinski definition) is 12. The second kappa shape index (κ2) is 9.38. The maximum Gasteiger partial charge on any atom is 0.222 e. The van der Waals surface area contributed by atoms with Gasteiger partial charge >= 0.3 is 0 Å². The third-order valence-electron chi connectivity index (χ3n) is 4.76. The van der Waals surface area contributed by atoms with Crippen molar-refractivity contribution in [1.82, 2.24) is 55.3 Å². The fraction of sp³-hybridized carbons (Fsp3) is 0.150. The number of anilines is 2. The lowest BCUT2D eigenvalue weighted by Crippen LogP contribution is -2.07. The van der Waals surface area contributed by atoms with E-state index in [0.717, 1.165) is 17.1 Å². The first kappa shape index (κ1) is 22.3. The number of aromatic nitrogens is 11. The van der Waals surface area contributed by atoms with Gasteiger partial charge in [0.15, 0.2) is 16.9 Å². The topological polar surface area (TPSA) is 202 Å². The van der Waals surface area contributed by atoms with Gasteiger partial charge < -0.3 is 15.9 Å². The number of nitrogen functional groups attached to an aromatic ring is 2. The van der Waals surface area contributed by atoms with Crippen LogP contribution in [0.3, 0.4) is 0 Å². The quantitative estimate of drug-likeness (QED) is 0.277. The zero-order valence-corrected chi connectivity index (χ0v) is 19.9. The molecule has 6 aromatic heterocycles. The number of nitrogens with zero attached hydrogens (tertiary/aromatic N) is 10. The molecule has 0 saturated carbocycles. The van der Waals surface area contributed by atoms with Gasteiger partial charge in [0.05, 0.1) is 24.1 Å². The Morgan fingerprint density at radius 2 is 1.86 bits per heavy atom. The number of nitrogens with two attached hydrogens (primary N) is 2. The number of nitrogens with one attached hydrogen (secondary N) is 1. The van der Waals surface area contributed by atoms with Crippen LogP contribution in [0.5, 0.6) is 0 Å². The largest absolute Gasteiger partial charge is 0.460 e. The van der Waals surface area contributed by atoms with E-state index >= 15 is 0 Å². The highest BCUT2D eigenvalue weighted by molar-refractivity contribution is 9.08. The van der Waals surface area contributed by atoms with Crippen molar-refractivity contribution in [2.45, 2.75) is 18.8 Å². The van der Waals surface area contributed by atoms with Crippen molar-refractivity contribution < 1.29 is 4.42 Å². The normalized spacial score (nSPS) is 11.0. The first-order chi connectivity index (χ1) is 17.0. The van der Waals surface area contributed by atoms with E-state index in [-0.39, 0.29) is 11.9 Å². The smallest absolute Gasteiger partial charge is 0.222 e. The fourth-order valence-electron chi connectivity index (χ4n) is 3.23. The third-order valence-corrected chi connectivity index (χ3v) is 5.34. The van der Waals surface area contributed by atoms with Gasteiger partial charge in [0.2, 0.25) is 17.5 Å². The van der Waals surface area contributed by atoms with Crippen LogP contribution >= 0.6 is 15.9 Å². The van der Waals surface area contributed by atoms with E-state index < -0.39 is 0 Å². The second-order valence-corrected chi connectivity index (χ2v) is 7.84. The summed E-state index contributed by atoms with van der Waals surface area (Å²) in [5.74, 6) is 1.72. The molecule has 0 atom stereocenters. The van der Waals surface area contributed by atoms with Crippen LogP contribution in [0.15, 0.2) is 40.9 Å². The Balaban J connectivity index is 0.000000211. The first-order valence-corrected chi connectivity index (χ1v) is 11.4. The molecule has 35 heavy (non-hydrogen) atoms. The molecular weight excluding hydrogens is 518 g/mol. The minimum absolute atomic E-state index is 0.141. The second-order valence-electron chi connectivity index (χ2n) is 7.27. The number of fused-ring (bicyclic) bond motifs is 2. The van der Waals surface area contributed by atoms with Crippen LogP contribution in [0.4, 0.5) is 11.9 Å². The van der Waals surface area contributed by atoms with E-state index in [1.165, 1.54) is 6.20 Å². The zero-order valence-electron chi connectivity index (χ0n) is 18.3. The number of pyridine rings is 1. The highest BCUT2D eigenvalue weighted by Crippen LogP contribution is 2.26. The highest BCUT2D eigenvalue weighted by atomic mass is 79.9. The van der Waals surface area contributed by atoms with Crippen LogP contribution in [0.25, 0.3) is 33.8 Å². The van der Waals surface area contributed by atoms with Crippen LogP contribution in [0, 0.1) is 6.92 Å². The Labute approximate surface area is 205 Å².